The first-order valence-electron chi connectivity index (χ1n) is 7.92. The minimum absolute atomic E-state index is 0.159. The van der Waals surface area contributed by atoms with Crippen molar-refractivity contribution < 1.29 is 8.76 Å². The van der Waals surface area contributed by atoms with Crippen LogP contribution in [-0.4, -0.2) is 26.6 Å². The second kappa shape index (κ2) is 7.52. The summed E-state index contributed by atoms with van der Waals surface area (Å²) in [6, 6.07) is 8.85. The molecule has 0 aliphatic heterocycles. The summed E-state index contributed by atoms with van der Waals surface area (Å²) in [4.78, 5) is 0. The molecule has 1 aliphatic rings. The number of aryl methyl sites for hydroxylation is 1. The molecule has 0 radical (unpaired) electrons. The van der Waals surface area contributed by atoms with Crippen molar-refractivity contribution in [1.82, 2.24) is 5.32 Å². The number of rotatable bonds is 7. The predicted octanol–water partition coefficient (Wildman–Crippen LogP) is 3.61. The molecule has 2 N–H and O–H groups in total. The first kappa shape index (κ1) is 16.7. The third kappa shape index (κ3) is 4.38. The van der Waals surface area contributed by atoms with Crippen molar-refractivity contribution in [3.8, 4) is 0 Å². The van der Waals surface area contributed by atoms with E-state index in [-0.39, 0.29) is 5.54 Å². The zero-order valence-electron chi connectivity index (χ0n) is 13.1. The van der Waals surface area contributed by atoms with E-state index in [1.165, 1.54) is 36.8 Å². The molecule has 1 saturated carbocycles. The van der Waals surface area contributed by atoms with Crippen molar-refractivity contribution in [1.29, 1.82) is 0 Å². The quantitative estimate of drug-likeness (QED) is 0.597. The molecule has 0 spiro atoms. The lowest BCUT2D eigenvalue weighted by Gasteiger charge is -2.37. The lowest BCUT2D eigenvalue weighted by Crippen LogP contribution is -2.47. The van der Waals surface area contributed by atoms with Crippen LogP contribution in [0.4, 0.5) is 0 Å². The third-order valence-corrected chi connectivity index (χ3v) is 5.51. The monoisotopic (exact) mass is 309 g/mol. The molecule has 0 bridgehead atoms. The highest BCUT2D eigenvalue weighted by Crippen LogP contribution is 2.41. The van der Waals surface area contributed by atoms with E-state index in [0.717, 1.165) is 13.0 Å². The van der Waals surface area contributed by atoms with Gasteiger partial charge in [0.2, 0.25) is 0 Å². The molecule has 0 heterocycles. The lowest BCUT2D eigenvalue weighted by molar-refractivity contribution is 0.283. The minimum atomic E-state index is -1.67. The second-order valence-corrected chi connectivity index (χ2v) is 7.35. The van der Waals surface area contributed by atoms with Gasteiger partial charge in [-0.2, -0.15) is 0 Å². The molecule has 0 amide bonds. The van der Waals surface area contributed by atoms with E-state index in [0.29, 0.717) is 11.7 Å². The van der Waals surface area contributed by atoms with Crippen LogP contribution in [0.25, 0.3) is 0 Å². The van der Waals surface area contributed by atoms with Gasteiger partial charge in [-0.1, -0.05) is 49.6 Å². The van der Waals surface area contributed by atoms with Gasteiger partial charge in [-0.25, -0.2) is 4.21 Å². The average molecular weight is 309 g/mol. The van der Waals surface area contributed by atoms with Crippen molar-refractivity contribution in [2.24, 2.45) is 0 Å². The van der Waals surface area contributed by atoms with Crippen LogP contribution in [0.5, 0.6) is 0 Å². The normalized spacial score (nSPS) is 20.3. The van der Waals surface area contributed by atoms with E-state index >= 15 is 0 Å². The molecule has 21 heavy (non-hydrogen) atoms. The molecule has 2 atom stereocenters. The molecule has 2 unspecified atom stereocenters. The highest BCUT2D eigenvalue weighted by atomic mass is 32.2. The zero-order valence-corrected chi connectivity index (χ0v) is 13.9. The third-order valence-electron chi connectivity index (χ3n) is 4.87. The van der Waals surface area contributed by atoms with Gasteiger partial charge in [-0.15, -0.1) is 0 Å². The summed E-state index contributed by atoms with van der Waals surface area (Å²) in [5.74, 6) is 0.836. The van der Waals surface area contributed by atoms with Crippen LogP contribution in [0.1, 0.15) is 56.1 Å². The van der Waals surface area contributed by atoms with E-state index in [1.54, 1.807) is 0 Å². The van der Waals surface area contributed by atoms with Crippen molar-refractivity contribution in [3.63, 3.8) is 0 Å². The fraction of sp³-hybridized carbons (Fsp3) is 0.647. The van der Waals surface area contributed by atoms with E-state index in [9.17, 15) is 4.21 Å². The molecule has 3 nitrogen and oxygen atoms in total. The zero-order chi connectivity index (χ0) is 15.3. The van der Waals surface area contributed by atoms with Crippen LogP contribution in [0.3, 0.4) is 0 Å². The van der Waals surface area contributed by atoms with Crippen molar-refractivity contribution >= 4 is 11.1 Å². The second-order valence-electron chi connectivity index (χ2n) is 6.30. The maximum absolute atomic E-state index is 10.7. The SMILES string of the molecule is Cc1ccc(C(C)C2(NCCCS(=O)O)CCCC2)cc1. The molecular weight excluding hydrogens is 282 g/mol. The summed E-state index contributed by atoms with van der Waals surface area (Å²) >= 11 is -1.67. The number of nitrogens with one attached hydrogen (secondary N) is 1. The lowest BCUT2D eigenvalue weighted by atomic mass is 9.79. The van der Waals surface area contributed by atoms with Gasteiger partial charge in [0.15, 0.2) is 11.1 Å². The Bertz CT molecular complexity index is 466. The molecule has 1 aliphatic carbocycles. The Balaban J connectivity index is 2.02. The Morgan fingerprint density at radius 1 is 1.29 bits per heavy atom. The smallest absolute Gasteiger partial charge is 0.152 e. The van der Waals surface area contributed by atoms with E-state index in [2.05, 4.69) is 43.4 Å². The summed E-state index contributed by atoms with van der Waals surface area (Å²) in [5.41, 5.74) is 2.84. The molecule has 2 rings (SSSR count). The van der Waals surface area contributed by atoms with E-state index in [4.69, 9.17) is 4.55 Å². The van der Waals surface area contributed by atoms with Gasteiger partial charge in [0.1, 0.15) is 0 Å². The van der Waals surface area contributed by atoms with Gasteiger partial charge in [0.25, 0.3) is 0 Å². The van der Waals surface area contributed by atoms with Crippen LogP contribution < -0.4 is 5.32 Å². The number of hydrogen-bond donors (Lipinski definition) is 2. The summed E-state index contributed by atoms with van der Waals surface area (Å²) in [7, 11) is 0. The highest BCUT2D eigenvalue weighted by Gasteiger charge is 2.38. The molecule has 1 aromatic carbocycles. The van der Waals surface area contributed by atoms with Gasteiger partial charge in [0, 0.05) is 5.54 Å². The molecule has 1 fully saturated rings. The first-order chi connectivity index (χ1) is 10.0. The molecule has 0 saturated heterocycles. The molecule has 1 aromatic rings. The van der Waals surface area contributed by atoms with Gasteiger partial charge < -0.3 is 9.87 Å². The Hall–Kier alpha value is -0.710. The Labute approximate surface area is 130 Å². The van der Waals surface area contributed by atoms with E-state index < -0.39 is 11.1 Å². The van der Waals surface area contributed by atoms with Crippen molar-refractivity contribution in [3.05, 3.63) is 35.4 Å². The van der Waals surface area contributed by atoms with E-state index in [1.807, 2.05) is 0 Å². The largest absolute Gasteiger partial charge is 0.311 e. The molecule has 4 heteroatoms. The summed E-state index contributed by atoms with van der Waals surface area (Å²) in [6.45, 7) is 5.25. The van der Waals surface area contributed by atoms with Gasteiger partial charge in [-0.05, 0) is 44.2 Å². The summed E-state index contributed by atoms with van der Waals surface area (Å²) in [6.07, 6.45) is 5.70. The standard InChI is InChI=1S/C17H27NO2S/c1-14-6-8-16(9-7-14)15(2)17(10-3-4-11-17)18-12-5-13-21(19)20/h6-9,15,18H,3-5,10-13H2,1-2H3,(H,19,20). The van der Waals surface area contributed by atoms with Crippen LogP contribution in [0.15, 0.2) is 24.3 Å². The summed E-state index contributed by atoms with van der Waals surface area (Å²) in [5, 5.41) is 3.72. The molecular formula is C17H27NO2S. The highest BCUT2D eigenvalue weighted by molar-refractivity contribution is 7.79. The maximum Gasteiger partial charge on any atom is 0.152 e. The van der Waals surface area contributed by atoms with Crippen LogP contribution in [-0.2, 0) is 11.1 Å². The Morgan fingerprint density at radius 3 is 2.48 bits per heavy atom. The molecule has 118 valence electrons. The topological polar surface area (TPSA) is 49.3 Å². The number of benzene rings is 1. The average Bonchev–Trinajstić information content (AvgIpc) is 2.93. The van der Waals surface area contributed by atoms with Crippen molar-refractivity contribution in [2.45, 2.75) is 57.4 Å². The molecule has 0 aromatic heterocycles. The minimum Gasteiger partial charge on any atom is -0.311 e. The first-order valence-corrected chi connectivity index (χ1v) is 9.20. The van der Waals surface area contributed by atoms with Crippen LogP contribution in [0, 0.1) is 6.92 Å². The fourth-order valence-corrected chi connectivity index (χ4v) is 3.87. The van der Waals surface area contributed by atoms with Crippen LogP contribution >= 0.6 is 0 Å². The summed E-state index contributed by atoms with van der Waals surface area (Å²) < 4.78 is 19.6. The van der Waals surface area contributed by atoms with Crippen molar-refractivity contribution in [2.75, 3.05) is 12.3 Å². The van der Waals surface area contributed by atoms with Crippen LogP contribution in [0.2, 0.25) is 0 Å². The fourth-order valence-electron chi connectivity index (χ4n) is 3.48. The van der Waals surface area contributed by atoms with Gasteiger partial charge >= 0.3 is 0 Å². The number of hydrogen-bond acceptors (Lipinski definition) is 2. The predicted molar refractivity (Wildman–Crippen MR) is 89.1 cm³/mol. The van der Waals surface area contributed by atoms with Gasteiger partial charge in [0.05, 0.1) is 5.75 Å². The maximum atomic E-state index is 10.7. The van der Waals surface area contributed by atoms with Gasteiger partial charge in [-0.3, -0.25) is 0 Å². The Kier molecular flexibility index (Phi) is 5.97. The Morgan fingerprint density at radius 2 is 1.90 bits per heavy atom.